The third kappa shape index (κ3) is 5.41. The number of halogens is 1. The molecule has 0 spiro atoms. The fourth-order valence-corrected chi connectivity index (χ4v) is 3.47. The average molecular weight is 415 g/mol. The van der Waals surface area contributed by atoms with E-state index < -0.39 is 11.9 Å². The quantitative estimate of drug-likeness (QED) is 0.588. The van der Waals surface area contributed by atoms with Crippen molar-refractivity contribution in [2.24, 2.45) is 0 Å². The molecule has 1 N–H and O–H groups in total. The van der Waals surface area contributed by atoms with Crippen molar-refractivity contribution in [3.8, 4) is 10.6 Å². The van der Waals surface area contributed by atoms with Crippen LogP contribution in [0.3, 0.4) is 0 Å². The zero-order chi connectivity index (χ0) is 20.1. The number of ether oxygens (including phenoxy) is 1. The van der Waals surface area contributed by atoms with Gasteiger partial charge in [0.15, 0.2) is 6.61 Å². The van der Waals surface area contributed by atoms with E-state index in [0.29, 0.717) is 16.4 Å². The summed E-state index contributed by atoms with van der Waals surface area (Å²) in [5, 5.41) is 5.88. The van der Waals surface area contributed by atoms with Crippen LogP contribution in [-0.4, -0.2) is 23.5 Å². The second kappa shape index (κ2) is 8.99. The number of carbonyl (C=O) groups is 2. The van der Waals surface area contributed by atoms with Gasteiger partial charge in [-0.2, -0.15) is 0 Å². The van der Waals surface area contributed by atoms with Crippen molar-refractivity contribution in [3.63, 3.8) is 0 Å². The number of amides is 1. The summed E-state index contributed by atoms with van der Waals surface area (Å²) in [4.78, 5) is 28.5. The van der Waals surface area contributed by atoms with Crippen LogP contribution < -0.4 is 5.32 Å². The number of benzene rings is 2. The molecule has 1 amide bonds. The third-order valence-electron chi connectivity index (χ3n) is 4.01. The van der Waals surface area contributed by atoms with Crippen molar-refractivity contribution in [3.05, 3.63) is 69.7 Å². The molecule has 7 heteroatoms. The van der Waals surface area contributed by atoms with E-state index in [9.17, 15) is 9.59 Å². The summed E-state index contributed by atoms with van der Waals surface area (Å²) >= 11 is 7.40. The minimum atomic E-state index is -0.501. The number of hydrogen-bond donors (Lipinski definition) is 1. The predicted molar refractivity (Wildman–Crippen MR) is 112 cm³/mol. The number of aromatic nitrogens is 1. The smallest absolute Gasteiger partial charge is 0.312 e. The Hall–Kier alpha value is -2.70. The number of aryl methyl sites for hydroxylation is 2. The van der Waals surface area contributed by atoms with Gasteiger partial charge in [-0.05, 0) is 31.5 Å². The molecule has 3 aromatic rings. The van der Waals surface area contributed by atoms with Gasteiger partial charge in [-0.25, -0.2) is 4.98 Å². The lowest BCUT2D eigenvalue weighted by molar-refractivity contribution is -0.146. The van der Waals surface area contributed by atoms with Gasteiger partial charge in [-0.1, -0.05) is 47.5 Å². The maximum atomic E-state index is 12.0. The van der Waals surface area contributed by atoms with Gasteiger partial charge in [0.1, 0.15) is 5.01 Å². The van der Waals surface area contributed by atoms with E-state index in [1.165, 1.54) is 16.9 Å². The van der Waals surface area contributed by atoms with Crippen molar-refractivity contribution >= 4 is 40.5 Å². The van der Waals surface area contributed by atoms with Crippen LogP contribution in [0.15, 0.2) is 47.8 Å². The van der Waals surface area contributed by atoms with Crippen LogP contribution in [0.5, 0.6) is 0 Å². The van der Waals surface area contributed by atoms with Crippen LogP contribution >= 0.6 is 22.9 Å². The number of anilines is 1. The van der Waals surface area contributed by atoms with E-state index in [0.717, 1.165) is 16.1 Å². The molecule has 3 rings (SSSR count). The highest BCUT2D eigenvalue weighted by Crippen LogP contribution is 2.24. The molecule has 0 unspecified atom stereocenters. The van der Waals surface area contributed by atoms with E-state index in [2.05, 4.69) is 10.3 Å². The molecular weight excluding hydrogens is 396 g/mol. The highest BCUT2D eigenvalue weighted by Gasteiger charge is 2.13. The average Bonchev–Trinajstić information content (AvgIpc) is 3.12. The van der Waals surface area contributed by atoms with Crippen LogP contribution in [0.1, 0.15) is 16.8 Å². The first-order chi connectivity index (χ1) is 13.4. The number of nitrogens with zero attached hydrogens (tertiary/aromatic N) is 1. The van der Waals surface area contributed by atoms with E-state index in [1.54, 1.807) is 18.2 Å². The molecule has 0 aliphatic heterocycles. The molecule has 1 aromatic heterocycles. The van der Waals surface area contributed by atoms with Crippen LogP contribution in [0.25, 0.3) is 10.6 Å². The first kappa shape index (κ1) is 20.0. The number of carbonyl (C=O) groups excluding carboxylic acids is 2. The Morgan fingerprint density at radius 2 is 1.89 bits per heavy atom. The molecule has 0 radical (unpaired) electrons. The van der Waals surface area contributed by atoms with Crippen LogP contribution in [0.2, 0.25) is 5.02 Å². The van der Waals surface area contributed by atoms with Gasteiger partial charge in [0.05, 0.1) is 12.1 Å². The summed E-state index contributed by atoms with van der Waals surface area (Å²) in [5.74, 6) is -0.920. The second-order valence-corrected chi connectivity index (χ2v) is 7.65. The molecule has 0 aliphatic rings. The second-order valence-electron chi connectivity index (χ2n) is 6.35. The molecule has 5 nitrogen and oxygen atoms in total. The maximum absolute atomic E-state index is 12.0. The Morgan fingerprint density at radius 1 is 1.14 bits per heavy atom. The SMILES string of the molecule is Cc1ccc(-c2nc(CC(=O)OCC(=O)Nc3cc(Cl)ccc3C)cs2)cc1. The van der Waals surface area contributed by atoms with Crippen LogP contribution in [0.4, 0.5) is 5.69 Å². The lowest BCUT2D eigenvalue weighted by Gasteiger charge is -2.09. The number of esters is 1. The zero-order valence-electron chi connectivity index (χ0n) is 15.5. The zero-order valence-corrected chi connectivity index (χ0v) is 17.1. The summed E-state index contributed by atoms with van der Waals surface area (Å²) in [6.45, 7) is 3.52. The third-order valence-corrected chi connectivity index (χ3v) is 5.19. The summed E-state index contributed by atoms with van der Waals surface area (Å²) in [7, 11) is 0. The highest BCUT2D eigenvalue weighted by molar-refractivity contribution is 7.13. The van der Waals surface area contributed by atoms with E-state index in [-0.39, 0.29) is 13.0 Å². The summed E-state index contributed by atoms with van der Waals surface area (Å²) in [5.41, 5.74) is 4.27. The Kier molecular flexibility index (Phi) is 6.44. The standard InChI is InChI=1S/C21H19ClN2O3S/c1-13-3-6-15(7-4-13)21-23-17(12-28-21)10-20(26)27-11-19(25)24-18-9-16(22)8-5-14(18)2/h3-9,12H,10-11H2,1-2H3,(H,24,25). The largest absolute Gasteiger partial charge is 0.455 e. The van der Waals surface area contributed by atoms with Gasteiger partial charge in [0, 0.05) is 21.7 Å². The van der Waals surface area contributed by atoms with Gasteiger partial charge >= 0.3 is 5.97 Å². The van der Waals surface area contributed by atoms with Gasteiger partial charge in [-0.15, -0.1) is 11.3 Å². The number of nitrogens with one attached hydrogen (secondary N) is 1. The minimum absolute atomic E-state index is 0.0197. The summed E-state index contributed by atoms with van der Waals surface area (Å²) in [6.07, 6.45) is 0.0197. The van der Waals surface area contributed by atoms with Gasteiger partial charge in [-0.3, -0.25) is 9.59 Å². The van der Waals surface area contributed by atoms with Gasteiger partial charge < -0.3 is 10.1 Å². The van der Waals surface area contributed by atoms with E-state index in [4.69, 9.17) is 16.3 Å². The minimum Gasteiger partial charge on any atom is -0.455 e. The molecule has 28 heavy (non-hydrogen) atoms. The van der Waals surface area contributed by atoms with Crippen molar-refractivity contribution in [2.75, 3.05) is 11.9 Å². The first-order valence-electron chi connectivity index (χ1n) is 8.64. The van der Waals surface area contributed by atoms with Crippen molar-refractivity contribution < 1.29 is 14.3 Å². The normalized spacial score (nSPS) is 10.5. The number of hydrogen-bond acceptors (Lipinski definition) is 5. The molecule has 1 heterocycles. The van der Waals surface area contributed by atoms with Gasteiger partial charge in [0.25, 0.3) is 5.91 Å². The van der Waals surface area contributed by atoms with Crippen LogP contribution in [-0.2, 0) is 20.7 Å². The molecular formula is C21H19ClN2O3S. The van der Waals surface area contributed by atoms with Crippen molar-refractivity contribution in [1.29, 1.82) is 0 Å². The Bertz CT molecular complexity index is 999. The fraction of sp³-hybridized carbons (Fsp3) is 0.190. The highest BCUT2D eigenvalue weighted by atomic mass is 35.5. The van der Waals surface area contributed by atoms with Gasteiger partial charge in [0.2, 0.25) is 0 Å². The van der Waals surface area contributed by atoms with E-state index >= 15 is 0 Å². The molecule has 144 valence electrons. The molecule has 0 atom stereocenters. The topological polar surface area (TPSA) is 68.3 Å². The number of thiazole rings is 1. The molecule has 0 fully saturated rings. The van der Waals surface area contributed by atoms with Crippen LogP contribution in [0, 0.1) is 13.8 Å². The monoisotopic (exact) mass is 414 g/mol. The summed E-state index contributed by atoms with van der Waals surface area (Å²) < 4.78 is 5.06. The fourth-order valence-electron chi connectivity index (χ4n) is 2.48. The Balaban J connectivity index is 1.51. The molecule has 2 aromatic carbocycles. The molecule has 0 aliphatic carbocycles. The van der Waals surface area contributed by atoms with Crippen molar-refractivity contribution in [2.45, 2.75) is 20.3 Å². The Labute approximate surface area is 172 Å². The molecule has 0 saturated carbocycles. The maximum Gasteiger partial charge on any atom is 0.312 e. The van der Waals surface area contributed by atoms with E-state index in [1.807, 2.05) is 43.5 Å². The first-order valence-corrected chi connectivity index (χ1v) is 9.89. The lowest BCUT2D eigenvalue weighted by atomic mass is 10.2. The summed E-state index contributed by atoms with van der Waals surface area (Å²) in [6, 6.07) is 13.2. The lowest BCUT2D eigenvalue weighted by Crippen LogP contribution is -2.22. The van der Waals surface area contributed by atoms with Crippen molar-refractivity contribution in [1.82, 2.24) is 4.98 Å². The number of rotatable bonds is 6. The predicted octanol–water partition coefficient (Wildman–Crippen LogP) is 4.80. The Morgan fingerprint density at radius 3 is 2.64 bits per heavy atom. The molecule has 0 saturated heterocycles. The molecule has 0 bridgehead atoms.